The zero-order chi connectivity index (χ0) is 11.0. The molecule has 0 fully saturated rings. The van der Waals surface area contributed by atoms with Crippen molar-refractivity contribution in [3.05, 3.63) is 29.7 Å². The summed E-state index contributed by atoms with van der Waals surface area (Å²) in [7, 11) is 0. The first-order chi connectivity index (χ1) is 7.11. The van der Waals surface area contributed by atoms with Gasteiger partial charge in [0, 0.05) is 6.20 Å². The molecule has 0 bridgehead atoms. The van der Waals surface area contributed by atoms with Gasteiger partial charge >= 0.3 is 0 Å². The summed E-state index contributed by atoms with van der Waals surface area (Å²) >= 11 is 0. The number of rotatable bonds is 2. The Hall–Kier alpha value is -2.44. The van der Waals surface area contributed by atoms with Crippen LogP contribution >= 0.6 is 0 Å². The molecule has 2 rings (SSSR count). The SMILES string of the molecule is NC(=O)c1cnn2c(C(N)=O)ccnc12. The first-order valence-corrected chi connectivity index (χ1v) is 4.03. The molecule has 0 aliphatic rings. The number of hydrogen-bond donors (Lipinski definition) is 2. The van der Waals surface area contributed by atoms with E-state index in [0.717, 1.165) is 0 Å². The Bertz CT molecular complexity index is 559. The van der Waals surface area contributed by atoms with Crippen molar-refractivity contribution < 1.29 is 9.59 Å². The third-order valence-electron chi connectivity index (χ3n) is 1.92. The minimum absolute atomic E-state index is 0.146. The normalized spacial score (nSPS) is 10.4. The summed E-state index contributed by atoms with van der Waals surface area (Å²) in [6, 6.07) is 1.41. The molecule has 4 N–H and O–H groups in total. The van der Waals surface area contributed by atoms with Crippen molar-refractivity contribution in [3.8, 4) is 0 Å². The Morgan fingerprint density at radius 3 is 2.60 bits per heavy atom. The van der Waals surface area contributed by atoms with Gasteiger partial charge in [-0.3, -0.25) is 9.59 Å². The summed E-state index contributed by atoms with van der Waals surface area (Å²) in [6.45, 7) is 0. The van der Waals surface area contributed by atoms with E-state index in [9.17, 15) is 9.59 Å². The molecular formula is C8H7N5O2. The molecular weight excluding hydrogens is 198 g/mol. The maximum atomic E-state index is 11.0. The number of fused-ring (bicyclic) bond motifs is 1. The lowest BCUT2D eigenvalue weighted by Gasteiger charge is -1.98. The van der Waals surface area contributed by atoms with Crippen LogP contribution in [0.25, 0.3) is 5.65 Å². The molecule has 2 aromatic heterocycles. The molecule has 0 aliphatic heterocycles. The zero-order valence-corrected chi connectivity index (χ0v) is 7.54. The standard InChI is InChI=1S/C8H7N5O2/c9-6(14)4-3-12-13-5(7(10)15)1-2-11-8(4)13/h1-3H,(H2,9,14)(H2,10,15). The lowest BCUT2D eigenvalue weighted by molar-refractivity contribution is 0.0986. The highest BCUT2D eigenvalue weighted by atomic mass is 16.1. The molecule has 0 spiro atoms. The molecule has 0 atom stereocenters. The van der Waals surface area contributed by atoms with Crippen molar-refractivity contribution in [2.45, 2.75) is 0 Å². The predicted molar refractivity (Wildman–Crippen MR) is 50.0 cm³/mol. The van der Waals surface area contributed by atoms with Crippen LogP contribution in [0.2, 0.25) is 0 Å². The summed E-state index contributed by atoms with van der Waals surface area (Å²) in [4.78, 5) is 25.9. The molecule has 2 heterocycles. The van der Waals surface area contributed by atoms with E-state index in [1.807, 2.05) is 0 Å². The summed E-state index contributed by atoms with van der Waals surface area (Å²) in [5.74, 6) is -1.30. The third-order valence-corrected chi connectivity index (χ3v) is 1.92. The minimum atomic E-state index is -0.654. The zero-order valence-electron chi connectivity index (χ0n) is 7.54. The number of hydrogen-bond acceptors (Lipinski definition) is 4. The van der Waals surface area contributed by atoms with Gasteiger partial charge in [-0.25, -0.2) is 9.50 Å². The van der Waals surface area contributed by atoms with Crippen molar-refractivity contribution >= 4 is 17.5 Å². The highest BCUT2D eigenvalue weighted by Crippen LogP contribution is 2.08. The fourth-order valence-electron chi connectivity index (χ4n) is 1.25. The molecule has 2 amide bonds. The Morgan fingerprint density at radius 1 is 1.27 bits per heavy atom. The number of nitrogens with zero attached hydrogens (tertiary/aromatic N) is 3. The largest absolute Gasteiger partial charge is 0.365 e. The van der Waals surface area contributed by atoms with E-state index in [1.165, 1.54) is 23.0 Å². The number of aromatic nitrogens is 3. The number of amides is 2. The van der Waals surface area contributed by atoms with Crippen LogP contribution in [0.15, 0.2) is 18.5 Å². The number of carbonyl (C=O) groups excluding carboxylic acids is 2. The van der Waals surface area contributed by atoms with Crippen molar-refractivity contribution in [1.29, 1.82) is 0 Å². The highest BCUT2D eigenvalue weighted by molar-refractivity contribution is 5.99. The summed E-state index contributed by atoms with van der Waals surface area (Å²) in [5, 5.41) is 3.81. The molecule has 7 heteroatoms. The van der Waals surface area contributed by atoms with Crippen molar-refractivity contribution in [3.63, 3.8) is 0 Å². The second kappa shape index (κ2) is 3.05. The van der Waals surface area contributed by atoms with E-state index in [4.69, 9.17) is 11.5 Å². The van der Waals surface area contributed by atoms with E-state index in [1.54, 1.807) is 0 Å². The molecule has 76 valence electrons. The van der Waals surface area contributed by atoms with Gasteiger partial charge in [0.15, 0.2) is 5.65 Å². The Kier molecular flexibility index (Phi) is 1.86. The Morgan fingerprint density at radius 2 is 2.00 bits per heavy atom. The van der Waals surface area contributed by atoms with Gasteiger partial charge in [0.1, 0.15) is 11.3 Å². The fraction of sp³-hybridized carbons (Fsp3) is 0. The topological polar surface area (TPSA) is 116 Å². The van der Waals surface area contributed by atoms with E-state index < -0.39 is 11.8 Å². The average Bonchev–Trinajstić information content (AvgIpc) is 2.59. The molecule has 0 radical (unpaired) electrons. The molecule has 0 aliphatic carbocycles. The van der Waals surface area contributed by atoms with Gasteiger partial charge in [0.05, 0.1) is 6.20 Å². The monoisotopic (exact) mass is 205 g/mol. The van der Waals surface area contributed by atoms with Crippen LogP contribution in [0.4, 0.5) is 0 Å². The van der Waals surface area contributed by atoms with Gasteiger partial charge in [-0.15, -0.1) is 0 Å². The van der Waals surface area contributed by atoms with Gasteiger partial charge in [0.25, 0.3) is 11.8 Å². The summed E-state index contributed by atoms with van der Waals surface area (Å²) in [5.41, 5.74) is 10.7. The first-order valence-electron chi connectivity index (χ1n) is 4.03. The highest BCUT2D eigenvalue weighted by Gasteiger charge is 2.14. The average molecular weight is 205 g/mol. The number of nitrogens with two attached hydrogens (primary N) is 2. The van der Waals surface area contributed by atoms with E-state index in [2.05, 4.69) is 10.1 Å². The van der Waals surface area contributed by atoms with Crippen molar-refractivity contribution in [2.24, 2.45) is 11.5 Å². The van der Waals surface area contributed by atoms with Crippen LogP contribution in [0.5, 0.6) is 0 Å². The van der Waals surface area contributed by atoms with E-state index in [-0.39, 0.29) is 16.9 Å². The molecule has 15 heavy (non-hydrogen) atoms. The summed E-state index contributed by atoms with van der Waals surface area (Å²) < 4.78 is 1.18. The van der Waals surface area contributed by atoms with E-state index in [0.29, 0.717) is 0 Å². The van der Waals surface area contributed by atoms with Crippen molar-refractivity contribution in [1.82, 2.24) is 14.6 Å². The molecule has 7 nitrogen and oxygen atoms in total. The van der Waals surface area contributed by atoms with Crippen LogP contribution in [-0.4, -0.2) is 26.4 Å². The second-order valence-electron chi connectivity index (χ2n) is 2.85. The maximum Gasteiger partial charge on any atom is 0.267 e. The van der Waals surface area contributed by atoms with Crippen LogP contribution in [0.3, 0.4) is 0 Å². The maximum absolute atomic E-state index is 11.0. The van der Waals surface area contributed by atoms with Gasteiger partial charge in [-0.1, -0.05) is 0 Å². The molecule has 0 aromatic carbocycles. The van der Waals surface area contributed by atoms with Gasteiger partial charge in [0.2, 0.25) is 0 Å². The predicted octanol–water partition coefficient (Wildman–Crippen LogP) is -1.07. The van der Waals surface area contributed by atoms with Crippen LogP contribution in [0.1, 0.15) is 20.8 Å². The minimum Gasteiger partial charge on any atom is -0.365 e. The molecule has 0 saturated heterocycles. The molecule has 2 aromatic rings. The van der Waals surface area contributed by atoms with Gasteiger partial charge < -0.3 is 11.5 Å². The van der Waals surface area contributed by atoms with Crippen LogP contribution in [-0.2, 0) is 0 Å². The van der Waals surface area contributed by atoms with Gasteiger partial charge in [-0.2, -0.15) is 5.10 Å². The third kappa shape index (κ3) is 1.30. The van der Waals surface area contributed by atoms with Crippen LogP contribution in [0, 0.1) is 0 Å². The number of carbonyl (C=O) groups is 2. The Balaban J connectivity index is 2.80. The Labute approximate surface area is 83.7 Å². The van der Waals surface area contributed by atoms with Gasteiger partial charge in [-0.05, 0) is 6.07 Å². The van der Waals surface area contributed by atoms with E-state index >= 15 is 0 Å². The summed E-state index contributed by atoms with van der Waals surface area (Å²) in [6.07, 6.45) is 2.61. The quantitative estimate of drug-likeness (QED) is 0.648. The molecule has 0 unspecified atom stereocenters. The number of primary amides is 2. The smallest absolute Gasteiger partial charge is 0.267 e. The van der Waals surface area contributed by atoms with Crippen LogP contribution < -0.4 is 11.5 Å². The fourth-order valence-corrected chi connectivity index (χ4v) is 1.25. The van der Waals surface area contributed by atoms with Crippen molar-refractivity contribution in [2.75, 3.05) is 0 Å². The molecule has 0 saturated carbocycles. The lowest BCUT2D eigenvalue weighted by Crippen LogP contribution is -2.17. The first kappa shape index (κ1) is 9.13. The second-order valence-corrected chi connectivity index (χ2v) is 2.85. The lowest BCUT2D eigenvalue weighted by atomic mass is 10.3.